The van der Waals surface area contributed by atoms with Crippen LogP contribution >= 0.6 is 0 Å². The van der Waals surface area contributed by atoms with Crippen LogP contribution in [-0.4, -0.2) is 11.9 Å². The molecule has 1 aliphatic heterocycles. The van der Waals surface area contributed by atoms with E-state index in [4.69, 9.17) is 4.42 Å². The molecule has 1 atom stereocenters. The van der Waals surface area contributed by atoms with E-state index < -0.39 is 0 Å². The summed E-state index contributed by atoms with van der Waals surface area (Å²) in [4.78, 5) is 12.0. The Hall–Kier alpha value is -2.23. The maximum absolute atomic E-state index is 12.0. The summed E-state index contributed by atoms with van der Waals surface area (Å²) in [6.45, 7) is 0.504. The van der Waals surface area contributed by atoms with Gasteiger partial charge in [0.1, 0.15) is 6.04 Å². The van der Waals surface area contributed by atoms with E-state index in [0.717, 1.165) is 17.7 Å². The molecule has 92 valence electrons. The van der Waals surface area contributed by atoms with E-state index in [2.05, 4.69) is 10.6 Å². The summed E-state index contributed by atoms with van der Waals surface area (Å²) in [7, 11) is 0. The number of rotatable bonds is 3. The van der Waals surface area contributed by atoms with Crippen molar-refractivity contribution in [1.29, 1.82) is 0 Å². The van der Waals surface area contributed by atoms with Crippen LogP contribution in [0.15, 0.2) is 47.3 Å². The molecule has 1 unspecified atom stereocenters. The molecule has 2 N–H and O–H groups in total. The highest BCUT2D eigenvalue weighted by Gasteiger charge is 2.25. The van der Waals surface area contributed by atoms with Gasteiger partial charge in [-0.2, -0.15) is 0 Å². The molecule has 1 aromatic heterocycles. The molecule has 4 heteroatoms. The van der Waals surface area contributed by atoms with Gasteiger partial charge >= 0.3 is 0 Å². The molecule has 0 saturated carbocycles. The van der Waals surface area contributed by atoms with Gasteiger partial charge in [-0.15, -0.1) is 0 Å². The van der Waals surface area contributed by atoms with Crippen LogP contribution in [0.3, 0.4) is 0 Å². The maximum Gasteiger partial charge on any atom is 0.243 e. The van der Waals surface area contributed by atoms with Crippen LogP contribution in [0.2, 0.25) is 0 Å². The van der Waals surface area contributed by atoms with Crippen molar-refractivity contribution < 1.29 is 9.21 Å². The van der Waals surface area contributed by atoms with Crippen LogP contribution in [0, 0.1) is 0 Å². The fourth-order valence-corrected chi connectivity index (χ4v) is 2.16. The molecular formula is C14H14N2O2. The Bertz CT molecular complexity index is 524. The van der Waals surface area contributed by atoms with Gasteiger partial charge in [-0.3, -0.25) is 4.79 Å². The maximum atomic E-state index is 12.0. The van der Waals surface area contributed by atoms with Crippen LogP contribution in [0.1, 0.15) is 11.1 Å². The lowest BCUT2D eigenvalue weighted by Gasteiger charge is -2.11. The Kier molecular flexibility index (Phi) is 2.76. The quantitative estimate of drug-likeness (QED) is 0.864. The molecule has 2 heterocycles. The standard InChI is InChI=1S/C14H14N2O2/c17-14(15-8-10-5-6-18-9-10)13-7-11-3-1-2-4-12(11)16-13/h1-6,9,13,16H,7-8H2,(H,15,17). The fraction of sp³-hybridized carbons (Fsp3) is 0.214. The smallest absolute Gasteiger partial charge is 0.243 e. The number of anilines is 1. The molecule has 18 heavy (non-hydrogen) atoms. The number of hydrogen-bond donors (Lipinski definition) is 2. The van der Waals surface area contributed by atoms with Crippen LogP contribution in [0.4, 0.5) is 5.69 Å². The Labute approximate surface area is 105 Å². The molecule has 1 aliphatic rings. The summed E-state index contributed by atoms with van der Waals surface area (Å²) in [5, 5.41) is 6.13. The second-order valence-electron chi connectivity index (χ2n) is 4.41. The van der Waals surface area contributed by atoms with E-state index in [0.29, 0.717) is 6.54 Å². The minimum atomic E-state index is -0.172. The van der Waals surface area contributed by atoms with Gasteiger partial charge < -0.3 is 15.1 Å². The first-order valence-corrected chi connectivity index (χ1v) is 5.96. The molecule has 0 radical (unpaired) electrons. The van der Waals surface area contributed by atoms with Crippen molar-refractivity contribution in [2.75, 3.05) is 5.32 Å². The van der Waals surface area contributed by atoms with E-state index >= 15 is 0 Å². The molecule has 0 fully saturated rings. The van der Waals surface area contributed by atoms with Gasteiger partial charge in [-0.1, -0.05) is 18.2 Å². The highest BCUT2D eigenvalue weighted by atomic mass is 16.3. The first kappa shape index (κ1) is 10.9. The summed E-state index contributed by atoms with van der Waals surface area (Å²) in [6, 6.07) is 9.68. The number of furan rings is 1. The first-order chi connectivity index (χ1) is 8.83. The van der Waals surface area contributed by atoms with Gasteiger partial charge in [0.15, 0.2) is 0 Å². The van der Waals surface area contributed by atoms with Gasteiger partial charge in [0.2, 0.25) is 5.91 Å². The number of carbonyl (C=O) groups excluding carboxylic acids is 1. The third kappa shape index (κ3) is 2.09. The number of carbonyl (C=O) groups is 1. The van der Waals surface area contributed by atoms with Gasteiger partial charge in [0, 0.05) is 24.2 Å². The lowest BCUT2D eigenvalue weighted by Crippen LogP contribution is -2.37. The Morgan fingerprint density at radius 3 is 3.06 bits per heavy atom. The number of fused-ring (bicyclic) bond motifs is 1. The number of benzene rings is 1. The van der Waals surface area contributed by atoms with E-state index in [-0.39, 0.29) is 11.9 Å². The van der Waals surface area contributed by atoms with Crippen molar-refractivity contribution in [2.45, 2.75) is 19.0 Å². The van der Waals surface area contributed by atoms with Crippen LogP contribution in [0.25, 0.3) is 0 Å². The highest BCUT2D eigenvalue weighted by molar-refractivity contribution is 5.87. The molecule has 4 nitrogen and oxygen atoms in total. The van der Waals surface area contributed by atoms with Gasteiger partial charge in [-0.05, 0) is 17.7 Å². The van der Waals surface area contributed by atoms with E-state index in [9.17, 15) is 4.79 Å². The summed E-state index contributed by atoms with van der Waals surface area (Å²) in [5.41, 5.74) is 3.22. The summed E-state index contributed by atoms with van der Waals surface area (Å²) in [6.07, 6.45) is 3.98. The van der Waals surface area contributed by atoms with Crippen molar-refractivity contribution in [3.8, 4) is 0 Å². The Balaban J connectivity index is 1.59. The summed E-state index contributed by atoms with van der Waals surface area (Å²) >= 11 is 0. The molecule has 2 aromatic rings. The fourth-order valence-electron chi connectivity index (χ4n) is 2.16. The summed E-state index contributed by atoms with van der Waals surface area (Å²) in [5.74, 6) is 0.0207. The normalized spacial score (nSPS) is 17.0. The third-order valence-corrected chi connectivity index (χ3v) is 3.13. The Morgan fingerprint density at radius 1 is 1.39 bits per heavy atom. The second-order valence-corrected chi connectivity index (χ2v) is 4.41. The van der Waals surface area contributed by atoms with E-state index in [1.54, 1.807) is 12.5 Å². The van der Waals surface area contributed by atoms with Gasteiger partial charge in [0.05, 0.1) is 12.5 Å². The monoisotopic (exact) mass is 242 g/mol. The van der Waals surface area contributed by atoms with Crippen molar-refractivity contribution >= 4 is 11.6 Å². The molecule has 0 aliphatic carbocycles. The third-order valence-electron chi connectivity index (χ3n) is 3.13. The van der Waals surface area contributed by atoms with E-state index in [1.807, 2.05) is 30.3 Å². The van der Waals surface area contributed by atoms with Crippen LogP contribution < -0.4 is 10.6 Å². The zero-order valence-electron chi connectivity index (χ0n) is 9.85. The van der Waals surface area contributed by atoms with Crippen molar-refractivity contribution in [2.24, 2.45) is 0 Å². The predicted molar refractivity (Wildman–Crippen MR) is 68.1 cm³/mol. The van der Waals surface area contributed by atoms with Gasteiger partial charge in [0.25, 0.3) is 0 Å². The number of para-hydroxylation sites is 1. The van der Waals surface area contributed by atoms with Gasteiger partial charge in [-0.25, -0.2) is 0 Å². The first-order valence-electron chi connectivity index (χ1n) is 5.96. The van der Waals surface area contributed by atoms with Crippen molar-refractivity contribution in [1.82, 2.24) is 5.32 Å². The van der Waals surface area contributed by atoms with Crippen LogP contribution in [-0.2, 0) is 17.8 Å². The molecular weight excluding hydrogens is 228 g/mol. The predicted octanol–water partition coefficient (Wildman–Crippen LogP) is 1.93. The number of nitrogens with one attached hydrogen (secondary N) is 2. The molecule has 0 saturated heterocycles. The average molecular weight is 242 g/mol. The molecule has 0 spiro atoms. The molecule has 1 amide bonds. The number of amides is 1. The van der Waals surface area contributed by atoms with Crippen molar-refractivity contribution in [3.63, 3.8) is 0 Å². The second kappa shape index (κ2) is 4.56. The van der Waals surface area contributed by atoms with E-state index in [1.165, 1.54) is 5.56 Å². The largest absolute Gasteiger partial charge is 0.472 e. The lowest BCUT2D eigenvalue weighted by molar-refractivity contribution is -0.121. The average Bonchev–Trinajstić information content (AvgIpc) is 3.04. The molecule has 0 bridgehead atoms. The zero-order valence-corrected chi connectivity index (χ0v) is 9.85. The van der Waals surface area contributed by atoms with Crippen LogP contribution in [0.5, 0.6) is 0 Å². The SMILES string of the molecule is O=C(NCc1ccoc1)C1Cc2ccccc2N1. The molecule has 3 rings (SSSR count). The summed E-state index contributed by atoms with van der Waals surface area (Å²) < 4.78 is 4.96. The lowest BCUT2D eigenvalue weighted by atomic mass is 10.1. The Morgan fingerprint density at radius 2 is 2.28 bits per heavy atom. The van der Waals surface area contributed by atoms with Crippen molar-refractivity contribution in [3.05, 3.63) is 54.0 Å². The highest BCUT2D eigenvalue weighted by Crippen LogP contribution is 2.25. The minimum absolute atomic E-state index is 0.0207. The molecule has 1 aromatic carbocycles. The minimum Gasteiger partial charge on any atom is -0.472 e. The topological polar surface area (TPSA) is 54.3 Å². The number of hydrogen-bond acceptors (Lipinski definition) is 3. The zero-order chi connectivity index (χ0) is 12.4.